The molecular formula is C22H25ClN2O6S. The molecule has 0 bridgehead atoms. The summed E-state index contributed by atoms with van der Waals surface area (Å²) in [5.41, 5.74) is 0.128. The van der Waals surface area contributed by atoms with Crippen LogP contribution in [0.2, 0.25) is 5.02 Å². The number of methoxy groups -OCH3 is 1. The van der Waals surface area contributed by atoms with E-state index in [0.717, 1.165) is 10.4 Å². The van der Waals surface area contributed by atoms with Gasteiger partial charge in [0.1, 0.15) is 5.75 Å². The van der Waals surface area contributed by atoms with Crippen LogP contribution in [-0.2, 0) is 19.6 Å². The van der Waals surface area contributed by atoms with Crippen LogP contribution in [0.15, 0.2) is 60.0 Å². The molecule has 0 aromatic heterocycles. The van der Waals surface area contributed by atoms with Gasteiger partial charge in [-0.15, -0.1) is 6.58 Å². The first-order valence-corrected chi connectivity index (χ1v) is 11.5. The lowest BCUT2D eigenvalue weighted by Crippen LogP contribution is -2.34. The van der Waals surface area contributed by atoms with Crippen molar-refractivity contribution in [2.45, 2.75) is 24.8 Å². The van der Waals surface area contributed by atoms with Crippen molar-refractivity contribution in [3.05, 3.63) is 65.7 Å². The summed E-state index contributed by atoms with van der Waals surface area (Å²) in [6, 6.07) is 10.2. The average molecular weight is 481 g/mol. The smallest absolute Gasteiger partial charge is 0.340 e. The van der Waals surface area contributed by atoms with Crippen molar-refractivity contribution in [1.82, 2.24) is 5.32 Å². The highest BCUT2D eigenvalue weighted by Crippen LogP contribution is 2.33. The number of anilines is 1. The van der Waals surface area contributed by atoms with E-state index in [1.807, 2.05) is 0 Å². The molecule has 0 radical (unpaired) electrons. The molecule has 0 saturated carbocycles. The molecule has 0 atom stereocenters. The van der Waals surface area contributed by atoms with Crippen molar-refractivity contribution in [3.8, 4) is 5.75 Å². The van der Waals surface area contributed by atoms with E-state index in [4.69, 9.17) is 21.1 Å². The van der Waals surface area contributed by atoms with Crippen LogP contribution in [0.3, 0.4) is 0 Å². The fraction of sp³-hybridized carbons (Fsp3) is 0.273. The van der Waals surface area contributed by atoms with Gasteiger partial charge in [0.2, 0.25) is 0 Å². The van der Waals surface area contributed by atoms with E-state index >= 15 is 0 Å². The number of halogens is 1. The molecule has 0 heterocycles. The number of benzene rings is 2. The Morgan fingerprint density at radius 2 is 1.91 bits per heavy atom. The number of nitrogens with one attached hydrogen (secondary N) is 1. The number of carbonyl (C=O) groups is 2. The third kappa shape index (κ3) is 6.02. The van der Waals surface area contributed by atoms with Crippen LogP contribution >= 0.6 is 11.6 Å². The first-order chi connectivity index (χ1) is 15.1. The molecule has 0 aliphatic heterocycles. The van der Waals surface area contributed by atoms with Crippen LogP contribution in [0.4, 0.5) is 5.69 Å². The van der Waals surface area contributed by atoms with Crippen LogP contribution in [0.1, 0.15) is 24.2 Å². The Morgan fingerprint density at radius 3 is 2.53 bits per heavy atom. The Kier molecular flexibility index (Phi) is 8.68. The SMILES string of the molecule is C=CCN(c1ccccc1OC)S(=O)(=O)c1ccc(Cl)c(C(=O)OCC(=O)NC(C)C)c1. The molecule has 32 heavy (non-hydrogen) atoms. The number of para-hydroxylation sites is 2. The number of nitrogens with zero attached hydrogens (tertiary/aromatic N) is 1. The van der Waals surface area contributed by atoms with E-state index in [1.165, 1.54) is 25.3 Å². The molecule has 0 unspecified atom stereocenters. The Hall–Kier alpha value is -3.04. The molecule has 1 N–H and O–H groups in total. The van der Waals surface area contributed by atoms with E-state index in [-0.39, 0.29) is 28.1 Å². The van der Waals surface area contributed by atoms with Gasteiger partial charge in [-0.3, -0.25) is 9.10 Å². The molecule has 1 amide bonds. The minimum Gasteiger partial charge on any atom is -0.495 e. The molecule has 0 fully saturated rings. The number of carbonyl (C=O) groups excluding carboxylic acids is 2. The summed E-state index contributed by atoms with van der Waals surface area (Å²) in [5.74, 6) is -1.05. The first kappa shape index (κ1) is 25.2. The van der Waals surface area contributed by atoms with Crippen molar-refractivity contribution in [3.63, 3.8) is 0 Å². The first-order valence-electron chi connectivity index (χ1n) is 9.64. The predicted octanol–water partition coefficient (Wildman–Crippen LogP) is 3.41. The monoisotopic (exact) mass is 480 g/mol. The molecule has 8 nitrogen and oxygen atoms in total. The van der Waals surface area contributed by atoms with E-state index in [2.05, 4.69) is 11.9 Å². The van der Waals surface area contributed by atoms with Gasteiger partial charge >= 0.3 is 5.97 Å². The zero-order valence-electron chi connectivity index (χ0n) is 18.0. The van der Waals surface area contributed by atoms with Crippen LogP contribution in [0, 0.1) is 0 Å². The third-order valence-corrected chi connectivity index (χ3v) is 6.28. The lowest BCUT2D eigenvalue weighted by atomic mass is 10.2. The van der Waals surface area contributed by atoms with E-state index in [0.29, 0.717) is 11.4 Å². The predicted molar refractivity (Wildman–Crippen MR) is 123 cm³/mol. The molecule has 172 valence electrons. The number of ether oxygens (including phenoxy) is 2. The van der Waals surface area contributed by atoms with Gasteiger partial charge in [-0.05, 0) is 44.2 Å². The molecule has 0 aliphatic carbocycles. The second-order valence-electron chi connectivity index (χ2n) is 6.94. The Labute approximate surface area is 192 Å². The lowest BCUT2D eigenvalue weighted by Gasteiger charge is -2.25. The quantitative estimate of drug-likeness (QED) is 0.413. The molecule has 2 rings (SSSR count). The Morgan fingerprint density at radius 1 is 1.22 bits per heavy atom. The van der Waals surface area contributed by atoms with Crippen molar-refractivity contribution < 1.29 is 27.5 Å². The summed E-state index contributed by atoms with van der Waals surface area (Å²) >= 11 is 6.10. The molecular weight excluding hydrogens is 456 g/mol. The van der Waals surface area contributed by atoms with Crippen LogP contribution in [-0.4, -0.2) is 46.6 Å². The number of hydrogen-bond donors (Lipinski definition) is 1. The van der Waals surface area contributed by atoms with Crippen molar-refractivity contribution in [2.75, 3.05) is 24.6 Å². The highest BCUT2D eigenvalue weighted by atomic mass is 35.5. The summed E-state index contributed by atoms with van der Waals surface area (Å²) in [7, 11) is -2.70. The fourth-order valence-electron chi connectivity index (χ4n) is 2.80. The zero-order chi connectivity index (χ0) is 23.9. The van der Waals surface area contributed by atoms with Crippen molar-refractivity contribution >= 4 is 39.2 Å². The van der Waals surface area contributed by atoms with Gasteiger partial charge in [0.05, 0.1) is 34.8 Å². The second-order valence-corrected chi connectivity index (χ2v) is 9.21. The molecule has 2 aromatic carbocycles. The zero-order valence-corrected chi connectivity index (χ0v) is 19.6. The van der Waals surface area contributed by atoms with Gasteiger partial charge in [0.25, 0.3) is 15.9 Å². The summed E-state index contributed by atoms with van der Waals surface area (Å²) in [6.45, 7) is 6.60. The van der Waals surface area contributed by atoms with E-state index < -0.39 is 28.5 Å². The fourth-order valence-corrected chi connectivity index (χ4v) is 4.47. The summed E-state index contributed by atoms with van der Waals surface area (Å²) in [6.07, 6.45) is 1.43. The van der Waals surface area contributed by atoms with Crippen LogP contribution < -0.4 is 14.4 Å². The third-order valence-electron chi connectivity index (χ3n) is 4.18. The van der Waals surface area contributed by atoms with E-state index in [1.54, 1.807) is 38.1 Å². The molecule has 0 spiro atoms. The van der Waals surface area contributed by atoms with Gasteiger partial charge in [-0.1, -0.05) is 29.8 Å². The highest BCUT2D eigenvalue weighted by molar-refractivity contribution is 7.92. The van der Waals surface area contributed by atoms with Gasteiger partial charge in [-0.2, -0.15) is 0 Å². The Bertz CT molecular complexity index is 1100. The van der Waals surface area contributed by atoms with E-state index in [9.17, 15) is 18.0 Å². The maximum absolute atomic E-state index is 13.4. The van der Waals surface area contributed by atoms with Crippen molar-refractivity contribution in [2.24, 2.45) is 0 Å². The van der Waals surface area contributed by atoms with Crippen LogP contribution in [0.25, 0.3) is 0 Å². The van der Waals surface area contributed by atoms with Gasteiger partial charge in [-0.25, -0.2) is 13.2 Å². The summed E-state index contributed by atoms with van der Waals surface area (Å²) in [4.78, 5) is 24.0. The molecule has 0 saturated heterocycles. The molecule has 10 heteroatoms. The minimum atomic E-state index is -4.13. The number of amides is 1. The summed E-state index contributed by atoms with van der Waals surface area (Å²) in [5, 5.41) is 2.58. The minimum absolute atomic E-state index is 0.00854. The number of esters is 1. The summed E-state index contributed by atoms with van der Waals surface area (Å²) < 4.78 is 38.2. The second kappa shape index (κ2) is 11.0. The topological polar surface area (TPSA) is 102 Å². The molecule has 0 aliphatic rings. The molecule has 2 aromatic rings. The van der Waals surface area contributed by atoms with Gasteiger partial charge in [0.15, 0.2) is 6.61 Å². The lowest BCUT2D eigenvalue weighted by molar-refractivity contribution is -0.124. The van der Waals surface area contributed by atoms with Gasteiger partial charge < -0.3 is 14.8 Å². The normalized spacial score (nSPS) is 11.0. The van der Waals surface area contributed by atoms with Crippen molar-refractivity contribution in [1.29, 1.82) is 0 Å². The maximum atomic E-state index is 13.4. The number of sulfonamides is 1. The number of hydrogen-bond acceptors (Lipinski definition) is 6. The number of rotatable bonds is 10. The average Bonchev–Trinajstić information content (AvgIpc) is 2.75. The standard InChI is InChI=1S/C22H25ClN2O6S/c1-5-12-25(19-8-6-7-9-20(19)30-4)32(28,29)16-10-11-18(23)17(13-16)22(27)31-14-21(26)24-15(2)3/h5-11,13,15H,1,12,14H2,2-4H3,(H,24,26). The maximum Gasteiger partial charge on any atom is 0.340 e. The highest BCUT2D eigenvalue weighted by Gasteiger charge is 2.28. The largest absolute Gasteiger partial charge is 0.495 e. The van der Waals surface area contributed by atoms with Crippen LogP contribution in [0.5, 0.6) is 5.75 Å². The van der Waals surface area contributed by atoms with Gasteiger partial charge in [0, 0.05) is 6.04 Å². The Balaban J connectivity index is 2.40.